The predicted octanol–water partition coefficient (Wildman–Crippen LogP) is 1.33. The lowest BCUT2D eigenvalue weighted by molar-refractivity contribution is -0.121. The zero-order valence-corrected chi connectivity index (χ0v) is 15.2. The summed E-state index contributed by atoms with van der Waals surface area (Å²) in [5, 5.41) is 2.81. The van der Waals surface area contributed by atoms with Crippen molar-refractivity contribution < 1.29 is 13.2 Å². The first-order valence-electron chi connectivity index (χ1n) is 7.96. The standard InChI is InChI=1S/C18H23N3O3S/c1-21(2)25(23,24)20-14-13-19-18(22)17(15-9-5-3-6-10-15)16-11-7-4-8-12-16/h3-12,17,20H,13-14H2,1-2H3,(H,19,22). The molecule has 0 bridgehead atoms. The number of nitrogens with one attached hydrogen (secondary N) is 2. The average molecular weight is 361 g/mol. The molecule has 0 saturated heterocycles. The van der Waals surface area contributed by atoms with Crippen LogP contribution in [0.5, 0.6) is 0 Å². The molecule has 2 aromatic rings. The Hall–Kier alpha value is -2.22. The number of amides is 1. The van der Waals surface area contributed by atoms with E-state index in [9.17, 15) is 13.2 Å². The van der Waals surface area contributed by atoms with Gasteiger partial charge in [0.1, 0.15) is 0 Å². The van der Waals surface area contributed by atoms with Crippen molar-refractivity contribution in [2.75, 3.05) is 27.2 Å². The maximum atomic E-state index is 12.7. The Morgan fingerprint density at radius 1 is 0.920 bits per heavy atom. The van der Waals surface area contributed by atoms with Gasteiger partial charge < -0.3 is 5.32 Å². The van der Waals surface area contributed by atoms with Crippen molar-refractivity contribution in [2.45, 2.75) is 5.92 Å². The van der Waals surface area contributed by atoms with Crippen LogP contribution in [0.25, 0.3) is 0 Å². The first-order chi connectivity index (χ1) is 11.9. The minimum absolute atomic E-state index is 0.128. The molecule has 134 valence electrons. The molecule has 0 aliphatic heterocycles. The number of rotatable bonds is 8. The molecule has 0 spiro atoms. The minimum Gasteiger partial charge on any atom is -0.354 e. The molecule has 2 aromatic carbocycles. The molecule has 0 saturated carbocycles. The Morgan fingerprint density at radius 2 is 1.40 bits per heavy atom. The van der Waals surface area contributed by atoms with Gasteiger partial charge in [-0.15, -0.1) is 0 Å². The van der Waals surface area contributed by atoms with Crippen LogP contribution in [0.3, 0.4) is 0 Å². The molecule has 0 aromatic heterocycles. The van der Waals surface area contributed by atoms with Crippen LogP contribution < -0.4 is 10.0 Å². The highest BCUT2D eigenvalue weighted by Gasteiger charge is 2.22. The molecule has 0 fully saturated rings. The summed E-state index contributed by atoms with van der Waals surface area (Å²) in [4.78, 5) is 12.7. The number of benzene rings is 2. The summed E-state index contributed by atoms with van der Waals surface area (Å²) in [6.45, 7) is 0.338. The van der Waals surface area contributed by atoms with Crippen LogP contribution in [-0.2, 0) is 15.0 Å². The molecule has 0 aliphatic rings. The summed E-state index contributed by atoms with van der Waals surface area (Å²) in [5.74, 6) is -0.602. The summed E-state index contributed by atoms with van der Waals surface area (Å²) in [6.07, 6.45) is 0. The number of carbonyl (C=O) groups excluding carboxylic acids is 1. The van der Waals surface area contributed by atoms with Crippen molar-refractivity contribution >= 4 is 16.1 Å². The van der Waals surface area contributed by atoms with Gasteiger partial charge in [-0.05, 0) is 11.1 Å². The lowest BCUT2D eigenvalue weighted by atomic mass is 9.90. The number of hydrogen-bond acceptors (Lipinski definition) is 3. The van der Waals surface area contributed by atoms with Gasteiger partial charge in [-0.2, -0.15) is 12.7 Å². The second-order valence-electron chi connectivity index (χ2n) is 5.73. The van der Waals surface area contributed by atoms with E-state index in [0.717, 1.165) is 15.4 Å². The highest BCUT2D eigenvalue weighted by atomic mass is 32.2. The van der Waals surface area contributed by atoms with E-state index in [2.05, 4.69) is 10.0 Å². The van der Waals surface area contributed by atoms with E-state index in [1.165, 1.54) is 14.1 Å². The summed E-state index contributed by atoms with van der Waals surface area (Å²) in [6, 6.07) is 19.0. The highest BCUT2D eigenvalue weighted by Crippen LogP contribution is 2.24. The normalized spacial score (nSPS) is 11.7. The van der Waals surface area contributed by atoms with Crippen LogP contribution in [0.2, 0.25) is 0 Å². The Morgan fingerprint density at radius 3 is 1.84 bits per heavy atom. The fourth-order valence-electron chi connectivity index (χ4n) is 2.38. The van der Waals surface area contributed by atoms with Crippen molar-refractivity contribution in [2.24, 2.45) is 0 Å². The van der Waals surface area contributed by atoms with Gasteiger partial charge in [-0.3, -0.25) is 4.79 Å². The second-order valence-corrected chi connectivity index (χ2v) is 7.70. The van der Waals surface area contributed by atoms with Crippen LogP contribution in [-0.4, -0.2) is 45.8 Å². The zero-order valence-electron chi connectivity index (χ0n) is 14.3. The molecule has 0 heterocycles. The Labute approximate surface area is 149 Å². The number of hydrogen-bond donors (Lipinski definition) is 2. The molecule has 0 unspecified atom stereocenters. The summed E-state index contributed by atoms with van der Waals surface area (Å²) >= 11 is 0. The predicted molar refractivity (Wildman–Crippen MR) is 98.3 cm³/mol. The Bertz CT molecular complexity index is 738. The molecule has 2 rings (SSSR count). The quantitative estimate of drug-likeness (QED) is 0.696. The van der Waals surface area contributed by atoms with Crippen LogP contribution >= 0.6 is 0 Å². The van der Waals surface area contributed by atoms with Crippen molar-refractivity contribution in [3.8, 4) is 0 Å². The monoisotopic (exact) mass is 361 g/mol. The van der Waals surface area contributed by atoms with Crippen molar-refractivity contribution in [3.05, 3.63) is 71.8 Å². The molecule has 6 nitrogen and oxygen atoms in total. The fourth-order valence-corrected chi connectivity index (χ4v) is 3.00. The highest BCUT2D eigenvalue weighted by molar-refractivity contribution is 7.87. The third-order valence-corrected chi connectivity index (χ3v) is 5.25. The lowest BCUT2D eigenvalue weighted by Gasteiger charge is -2.18. The van der Waals surface area contributed by atoms with E-state index in [1.54, 1.807) is 0 Å². The largest absolute Gasteiger partial charge is 0.354 e. The third-order valence-electron chi connectivity index (χ3n) is 3.72. The van der Waals surface area contributed by atoms with Gasteiger partial charge in [0.15, 0.2) is 0 Å². The maximum Gasteiger partial charge on any atom is 0.278 e. The summed E-state index contributed by atoms with van der Waals surface area (Å²) in [7, 11) is -0.596. The molecule has 1 amide bonds. The van der Waals surface area contributed by atoms with Gasteiger partial charge >= 0.3 is 0 Å². The maximum absolute atomic E-state index is 12.7. The second kappa shape index (κ2) is 8.75. The number of nitrogens with zero attached hydrogens (tertiary/aromatic N) is 1. The first-order valence-corrected chi connectivity index (χ1v) is 9.40. The topological polar surface area (TPSA) is 78.5 Å². The third kappa shape index (κ3) is 5.38. The number of carbonyl (C=O) groups is 1. The van der Waals surface area contributed by atoms with Gasteiger partial charge in [0.25, 0.3) is 10.2 Å². The van der Waals surface area contributed by atoms with E-state index in [4.69, 9.17) is 0 Å². The van der Waals surface area contributed by atoms with Crippen molar-refractivity contribution in [1.82, 2.24) is 14.3 Å². The van der Waals surface area contributed by atoms with Gasteiger partial charge in [0, 0.05) is 27.2 Å². The van der Waals surface area contributed by atoms with Crippen molar-refractivity contribution in [3.63, 3.8) is 0 Å². The summed E-state index contributed by atoms with van der Waals surface area (Å²) in [5.41, 5.74) is 1.78. The van der Waals surface area contributed by atoms with Gasteiger partial charge in [-0.25, -0.2) is 4.72 Å². The van der Waals surface area contributed by atoms with Crippen LogP contribution in [0, 0.1) is 0 Å². The van der Waals surface area contributed by atoms with Crippen LogP contribution in [0.15, 0.2) is 60.7 Å². The summed E-state index contributed by atoms with van der Waals surface area (Å²) < 4.78 is 26.8. The molecule has 7 heteroatoms. The molecular weight excluding hydrogens is 338 g/mol. The Kier molecular flexibility index (Phi) is 6.69. The molecule has 25 heavy (non-hydrogen) atoms. The van der Waals surface area contributed by atoms with E-state index >= 15 is 0 Å². The molecular formula is C18H23N3O3S. The molecule has 0 radical (unpaired) electrons. The fraction of sp³-hybridized carbons (Fsp3) is 0.278. The van der Waals surface area contributed by atoms with E-state index in [1.807, 2.05) is 60.7 Å². The van der Waals surface area contributed by atoms with E-state index in [0.29, 0.717) is 0 Å². The van der Waals surface area contributed by atoms with Gasteiger partial charge in [0.05, 0.1) is 5.92 Å². The molecule has 0 aliphatic carbocycles. The van der Waals surface area contributed by atoms with E-state index < -0.39 is 16.1 Å². The molecule has 0 atom stereocenters. The SMILES string of the molecule is CN(C)S(=O)(=O)NCCNC(=O)C(c1ccccc1)c1ccccc1. The van der Waals surface area contributed by atoms with Gasteiger partial charge in [-0.1, -0.05) is 60.7 Å². The Balaban J connectivity index is 2.05. The molecule has 2 N–H and O–H groups in total. The zero-order chi connectivity index (χ0) is 18.3. The lowest BCUT2D eigenvalue weighted by Crippen LogP contribution is -2.41. The van der Waals surface area contributed by atoms with Crippen molar-refractivity contribution in [1.29, 1.82) is 0 Å². The first kappa shape index (κ1) is 19.1. The van der Waals surface area contributed by atoms with Crippen LogP contribution in [0.1, 0.15) is 17.0 Å². The minimum atomic E-state index is -3.49. The smallest absolute Gasteiger partial charge is 0.278 e. The van der Waals surface area contributed by atoms with Crippen LogP contribution in [0.4, 0.5) is 0 Å². The van der Waals surface area contributed by atoms with Gasteiger partial charge in [0.2, 0.25) is 5.91 Å². The average Bonchev–Trinajstić information content (AvgIpc) is 2.61. The van der Waals surface area contributed by atoms with E-state index in [-0.39, 0.29) is 19.0 Å².